The van der Waals surface area contributed by atoms with Crippen molar-refractivity contribution in [1.82, 2.24) is 19.7 Å². The number of nitrogens with zero attached hydrogens (tertiary/aromatic N) is 3. The molecule has 1 atom stereocenters. The molecular weight excluding hydrogens is 298 g/mol. The second-order valence-electron chi connectivity index (χ2n) is 3.83. The molecule has 0 saturated heterocycles. The highest BCUT2D eigenvalue weighted by Gasteiger charge is 2.14. The predicted octanol–water partition coefficient (Wildman–Crippen LogP) is 1.43. The Morgan fingerprint density at radius 1 is 1.61 bits per heavy atom. The van der Waals surface area contributed by atoms with Gasteiger partial charge in [-0.1, -0.05) is 0 Å². The van der Waals surface area contributed by atoms with E-state index in [9.17, 15) is 4.79 Å². The molecule has 0 saturated carbocycles. The van der Waals surface area contributed by atoms with Crippen molar-refractivity contribution in [2.24, 2.45) is 0 Å². The Morgan fingerprint density at radius 3 is 3.11 bits per heavy atom. The van der Waals surface area contributed by atoms with E-state index in [2.05, 4.69) is 36.5 Å². The van der Waals surface area contributed by atoms with Crippen LogP contribution in [0.3, 0.4) is 0 Å². The van der Waals surface area contributed by atoms with Gasteiger partial charge in [-0.05, 0) is 29.8 Å². The summed E-state index contributed by atoms with van der Waals surface area (Å²) in [5.74, 6) is 0.511. The molecule has 0 aliphatic heterocycles. The summed E-state index contributed by atoms with van der Waals surface area (Å²) < 4.78 is 2.52. The lowest BCUT2D eigenvalue weighted by Crippen LogP contribution is -2.37. The number of halogens is 1. The average molecular weight is 312 g/mol. The molecule has 0 spiro atoms. The number of carbonyl (C=O) groups is 1. The number of carbonyl (C=O) groups excluding carboxylic acids is 1. The van der Waals surface area contributed by atoms with Crippen LogP contribution < -0.4 is 10.6 Å². The third-order valence-corrected chi connectivity index (χ3v) is 2.82. The molecule has 1 unspecified atom stereocenters. The first kappa shape index (κ1) is 12.8. The Hall–Kier alpha value is -1.63. The minimum absolute atomic E-state index is 0.0658. The van der Waals surface area contributed by atoms with Gasteiger partial charge in [0.2, 0.25) is 5.91 Å². The number of imidazole rings is 1. The molecule has 18 heavy (non-hydrogen) atoms. The second-order valence-corrected chi connectivity index (χ2v) is 4.64. The first-order valence-corrected chi connectivity index (χ1v) is 6.44. The molecule has 0 aliphatic carbocycles. The topological polar surface area (TPSA) is 71.3 Å². The van der Waals surface area contributed by atoms with Crippen molar-refractivity contribution in [2.75, 3.05) is 11.9 Å². The molecule has 6 nitrogen and oxygen atoms in total. The van der Waals surface area contributed by atoms with Gasteiger partial charge in [0.05, 0.1) is 0 Å². The normalized spacial score (nSPS) is 12.4. The van der Waals surface area contributed by atoms with Crippen LogP contribution in [0.25, 0.3) is 5.65 Å². The highest BCUT2D eigenvalue weighted by molar-refractivity contribution is 9.10. The maximum absolute atomic E-state index is 11.7. The summed E-state index contributed by atoms with van der Waals surface area (Å²) in [6.07, 6.45) is 5.32. The van der Waals surface area contributed by atoms with Gasteiger partial charge < -0.3 is 15.0 Å². The van der Waals surface area contributed by atoms with Crippen LogP contribution >= 0.6 is 15.9 Å². The lowest BCUT2D eigenvalue weighted by Gasteiger charge is -2.14. The van der Waals surface area contributed by atoms with E-state index >= 15 is 0 Å². The molecule has 0 aliphatic rings. The van der Waals surface area contributed by atoms with Gasteiger partial charge in [0, 0.05) is 25.1 Å². The molecule has 7 heteroatoms. The Labute approximate surface area is 113 Å². The lowest BCUT2D eigenvalue weighted by molar-refractivity contribution is -0.121. The van der Waals surface area contributed by atoms with Gasteiger partial charge in [-0.25, -0.2) is 9.97 Å². The minimum Gasteiger partial charge on any atom is -0.356 e. The number of nitrogens with one attached hydrogen (secondary N) is 2. The summed E-state index contributed by atoms with van der Waals surface area (Å²) in [5.41, 5.74) is 0.689. The van der Waals surface area contributed by atoms with Crippen molar-refractivity contribution in [1.29, 1.82) is 0 Å². The summed E-state index contributed by atoms with van der Waals surface area (Å²) in [6, 6.07) is -0.368. The fourth-order valence-electron chi connectivity index (χ4n) is 1.60. The zero-order chi connectivity index (χ0) is 13.1. The highest BCUT2D eigenvalue weighted by Crippen LogP contribution is 2.17. The SMILES string of the molecule is CCNC(=O)C(C)Nc1nc(Br)cn2ccnc12. The average Bonchev–Trinajstić information content (AvgIpc) is 2.77. The number of amides is 1. The van der Waals surface area contributed by atoms with Crippen LogP contribution in [-0.4, -0.2) is 32.9 Å². The fourth-order valence-corrected chi connectivity index (χ4v) is 1.99. The number of likely N-dealkylation sites (N-methyl/N-ethyl adjacent to an activating group) is 1. The number of anilines is 1. The number of hydrogen-bond acceptors (Lipinski definition) is 4. The standard InChI is InChI=1S/C11H14BrN5O/c1-3-13-11(18)7(2)15-9-10-14-4-5-17(10)6-8(12)16-9/h4-7H,3H2,1-2H3,(H,13,18)(H,15,16). The van der Waals surface area contributed by atoms with E-state index < -0.39 is 0 Å². The summed E-state index contributed by atoms with van der Waals surface area (Å²) in [7, 11) is 0. The summed E-state index contributed by atoms with van der Waals surface area (Å²) in [5, 5.41) is 5.81. The zero-order valence-electron chi connectivity index (χ0n) is 10.1. The van der Waals surface area contributed by atoms with Crippen molar-refractivity contribution < 1.29 is 4.79 Å². The number of hydrogen-bond donors (Lipinski definition) is 2. The van der Waals surface area contributed by atoms with Gasteiger partial charge >= 0.3 is 0 Å². The van der Waals surface area contributed by atoms with Gasteiger partial charge in [0.15, 0.2) is 11.5 Å². The Bertz CT molecular complexity index is 568. The van der Waals surface area contributed by atoms with Crippen molar-refractivity contribution in [2.45, 2.75) is 19.9 Å². The van der Waals surface area contributed by atoms with Crippen LogP contribution in [0.1, 0.15) is 13.8 Å². The maximum Gasteiger partial charge on any atom is 0.242 e. The molecule has 96 valence electrons. The molecule has 2 N–H and O–H groups in total. The van der Waals surface area contributed by atoms with E-state index in [4.69, 9.17) is 0 Å². The molecule has 2 aromatic heterocycles. The van der Waals surface area contributed by atoms with Gasteiger partial charge in [0.25, 0.3) is 0 Å². The molecule has 2 rings (SSSR count). The predicted molar refractivity (Wildman–Crippen MR) is 72.5 cm³/mol. The minimum atomic E-state index is -0.368. The third kappa shape index (κ3) is 2.61. The van der Waals surface area contributed by atoms with Gasteiger partial charge in [-0.2, -0.15) is 0 Å². The molecule has 0 bridgehead atoms. The quantitative estimate of drug-likeness (QED) is 0.896. The lowest BCUT2D eigenvalue weighted by atomic mass is 10.3. The Morgan fingerprint density at radius 2 is 2.39 bits per heavy atom. The maximum atomic E-state index is 11.7. The highest BCUT2D eigenvalue weighted by atomic mass is 79.9. The molecule has 0 aromatic carbocycles. The summed E-state index contributed by atoms with van der Waals surface area (Å²) in [6.45, 7) is 4.28. The van der Waals surface area contributed by atoms with E-state index in [1.54, 1.807) is 13.1 Å². The first-order valence-electron chi connectivity index (χ1n) is 5.65. The number of aromatic nitrogens is 3. The van der Waals surface area contributed by atoms with E-state index in [-0.39, 0.29) is 11.9 Å². The molecule has 0 fully saturated rings. The van der Waals surface area contributed by atoms with Gasteiger partial charge in [0.1, 0.15) is 10.6 Å². The monoisotopic (exact) mass is 311 g/mol. The molecule has 2 heterocycles. The van der Waals surface area contributed by atoms with Crippen LogP contribution in [0.5, 0.6) is 0 Å². The van der Waals surface area contributed by atoms with E-state index in [1.807, 2.05) is 23.7 Å². The van der Waals surface area contributed by atoms with Crippen molar-refractivity contribution in [3.05, 3.63) is 23.2 Å². The van der Waals surface area contributed by atoms with Gasteiger partial charge in [-0.15, -0.1) is 0 Å². The fraction of sp³-hybridized carbons (Fsp3) is 0.364. The van der Waals surface area contributed by atoms with Crippen LogP contribution in [0, 0.1) is 0 Å². The van der Waals surface area contributed by atoms with E-state index in [1.165, 1.54) is 0 Å². The second kappa shape index (κ2) is 5.34. The molecule has 1 amide bonds. The van der Waals surface area contributed by atoms with Crippen LogP contribution in [0.4, 0.5) is 5.82 Å². The Balaban J connectivity index is 2.25. The van der Waals surface area contributed by atoms with Crippen molar-refractivity contribution in [3.63, 3.8) is 0 Å². The first-order chi connectivity index (χ1) is 8.61. The van der Waals surface area contributed by atoms with Crippen LogP contribution in [-0.2, 0) is 4.79 Å². The Kier molecular flexibility index (Phi) is 3.81. The molecular formula is C11H14BrN5O. The van der Waals surface area contributed by atoms with Crippen LogP contribution in [0.2, 0.25) is 0 Å². The van der Waals surface area contributed by atoms with Crippen molar-refractivity contribution >= 4 is 33.3 Å². The number of rotatable bonds is 4. The summed E-state index contributed by atoms with van der Waals surface area (Å²) >= 11 is 3.33. The van der Waals surface area contributed by atoms with Crippen LogP contribution in [0.15, 0.2) is 23.2 Å². The molecule has 2 aromatic rings. The third-order valence-electron chi connectivity index (χ3n) is 2.44. The van der Waals surface area contributed by atoms with Gasteiger partial charge in [-0.3, -0.25) is 4.79 Å². The number of fused-ring (bicyclic) bond motifs is 1. The smallest absolute Gasteiger partial charge is 0.242 e. The van der Waals surface area contributed by atoms with Crippen molar-refractivity contribution in [3.8, 4) is 0 Å². The largest absolute Gasteiger partial charge is 0.356 e. The molecule has 0 radical (unpaired) electrons. The summed E-state index contributed by atoms with van der Waals surface area (Å²) in [4.78, 5) is 20.2. The van der Waals surface area contributed by atoms with E-state index in [0.717, 1.165) is 0 Å². The van der Waals surface area contributed by atoms with E-state index in [0.29, 0.717) is 22.6 Å². The zero-order valence-corrected chi connectivity index (χ0v) is 11.7.